The summed E-state index contributed by atoms with van der Waals surface area (Å²) in [5.74, 6) is 4.67. The standard InChI is InChI=1S/C32H64Si3/c1-26(2)25-32(19-22-33(15,16)30(9,10)11,20-23-34(17,18)31(12,13)14)21-24-35(27(3)4,28(5)6)29(7)8/h19-20,22-23,26-29H,25H2,1-18H3/b22-19+,23-20+. The van der Waals surface area contributed by atoms with E-state index in [1.165, 1.54) is 0 Å². The predicted molar refractivity (Wildman–Crippen MR) is 173 cm³/mol. The first kappa shape index (κ1) is 34.7. The number of hydrogen-bond acceptors (Lipinski definition) is 0. The molecule has 3 heteroatoms. The van der Waals surface area contributed by atoms with Crippen molar-refractivity contribution in [2.45, 2.75) is 156 Å². The zero-order chi connectivity index (χ0) is 28.3. The molecule has 0 amide bonds. The molecule has 0 atom stereocenters. The molecule has 0 aromatic heterocycles. The highest BCUT2D eigenvalue weighted by molar-refractivity contribution is 6.90. The highest BCUT2D eigenvalue weighted by Gasteiger charge is 2.43. The maximum atomic E-state index is 4.15. The molecule has 0 fully saturated rings. The van der Waals surface area contributed by atoms with E-state index in [2.05, 4.69) is 158 Å². The summed E-state index contributed by atoms with van der Waals surface area (Å²) in [7, 11) is -4.97. The van der Waals surface area contributed by atoms with E-state index in [9.17, 15) is 0 Å². The van der Waals surface area contributed by atoms with Crippen LogP contribution >= 0.6 is 0 Å². The minimum Gasteiger partial charge on any atom is -0.129 e. The quantitative estimate of drug-likeness (QED) is 0.204. The molecule has 0 spiro atoms. The van der Waals surface area contributed by atoms with E-state index in [-0.39, 0.29) is 5.41 Å². The van der Waals surface area contributed by atoms with Gasteiger partial charge in [0, 0.05) is 0 Å². The summed E-state index contributed by atoms with van der Waals surface area (Å²) in [5, 5.41) is 0.659. The first-order valence-electron chi connectivity index (χ1n) is 14.3. The topological polar surface area (TPSA) is 0 Å². The largest absolute Gasteiger partial charge is 0.146 e. The van der Waals surface area contributed by atoms with Gasteiger partial charge >= 0.3 is 0 Å². The van der Waals surface area contributed by atoms with E-state index in [4.69, 9.17) is 0 Å². The predicted octanol–water partition coefficient (Wildman–Crippen LogP) is 11.4. The summed E-state index contributed by atoms with van der Waals surface area (Å²) in [4.78, 5) is 0. The maximum absolute atomic E-state index is 4.15. The summed E-state index contributed by atoms with van der Waals surface area (Å²) in [6, 6.07) is 0. The van der Waals surface area contributed by atoms with Gasteiger partial charge in [-0.2, -0.15) is 0 Å². The van der Waals surface area contributed by atoms with Crippen LogP contribution in [0.25, 0.3) is 0 Å². The fourth-order valence-corrected chi connectivity index (χ4v) is 12.6. The Hall–Kier alpha value is -0.309. The Morgan fingerprint density at radius 2 is 0.914 bits per heavy atom. The second-order valence-corrected chi connectivity index (χ2v) is 32.0. The van der Waals surface area contributed by atoms with Crippen molar-refractivity contribution < 1.29 is 0 Å². The molecule has 0 saturated heterocycles. The van der Waals surface area contributed by atoms with Crippen LogP contribution in [0.1, 0.15) is 103 Å². The summed E-state index contributed by atoms with van der Waals surface area (Å²) in [6.45, 7) is 43.9. The summed E-state index contributed by atoms with van der Waals surface area (Å²) in [5.41, 5.74) is 11.2. The van der Waals surface area contributed by atoms with Crippen molar-refractivity contribution in [2.75, 3.05) is 0 Å². The average molecular weight is 533 g/mol. The lowest BCUT2D eigenvalue weighted by Crippen LogP contribution is -2.43. The van der Waals surface area contributed by atoms with Crippen molar-refractivity contribution in [3.8, 4) is 11.5 Å². The van der Waals surface area contributed by atoms with Crippen LogP contribution in [-0.2, 0) is 0 Å². The van der Waals surface area contributed by atoms with Crippen molar-refractivity contribution in [1.29, 1.82) is 0 Å². The molecule has 0 rings (SSSR count). The van der Waals surface area contributed by atoms with Gasteiger partial charge in [-0.05, 0) is 39.0 Å². The van der Waals surface area contributed by atoms with Gasteiger partial charge in [-0.3, -0.25) is 0 Å². The van der Waals surface area contributed by atoms with Crippen molar-refractivity contribution in [2.24, 2.45) is 11.3 Å². The van der Waals surface area contributed by atoms with Gasteiger partial charge < -0.3 is 0 Å². The first-order valence-corrected chi connectivity index (χ1v) is 22.7. The van der Waals surface area contributed by atoms with E-state index in [1.54, 1.807) is 0 Å². The Labute approximate surface area is 226 Å². The van der Waals surface area contributed by atoms with Crippen LogP contribution < -0.4 is 0 Å². The molecule has 0 aliphatic heterocycles. The third-order valence-corrected chi connectivity index (χ3v) is 25.6. The molecule has 0 aromatic rings. The van der Waals surface area contributed by atoms with Gasteiger partial charge in [-0.15, -0.1) is 5.54 Å². The van der Waals surface area contributed by atoms with Crippen molar-refractivity contribution in [1.82, 2.24) is 0 Å². The molecule has 0 bridgehead atoms. The first-order chi connectivity index (χ1) is 15.4. The molecule has 0 nitrogen and oxygen atoms in total. The Morgan fingerprint density at radius 1 is 0.600 bits per heavy atom. The van der Waals surface area contributed by atoms with Crippen LogP contribution in [0, 0.1) is 22.8 Å². The van der Waals surface area contributed by atoms with E-state index < -0.39 is 24.2 Å². The molecule has 0 radical (unpaired) electrons. The second-order valence-electron chi connectivity index (χ2n) is 15.9. The van der Waals surface area contributed by atoms with Crippen LogP contribution in [0.5, 0.6) is 0 Å². The van der Waals surface area contributed by atoms with E-state index >= 15 is 0 Å². The Morgan fingerprint density at radius 3 is 1.14 bits per heavy atom. The minimum absolute atomic E-state index is 0.184. The smallest absolute Gasteiger partial charge is 0.129 e. The average Bonchev–Trinajstić information content (AvgIpc) is 2.62. The van der Waals surface area contributed by atoms with Gasteiger partial charge in [0.15, 0.2) is 0 Å². The van der Waals surface area contributed by atoms with Gasteiger partial charge in [-0.1, -0.05) is 153 Å². The van der Waals surface area contributed by atoms with E-state index in [0.717, 1.165) is 6.42 Å². The van der Waals surface area contributed by atoms with E-state index in [1.807, 2.05) is 0 Å². The second kappa shape index (κ2) is 12.0. The van der Waals surface area contributed by atoms with Gasteiger partial charge in [0.1, 0.15) is 8.07 Å². The van der Waals surface area contributed by atoms with Crippen LogP contribution in [0.4, 0.5) is 0 Å². The fourth-order valence-electron chi connectivity index (χ4n) is 4.87. The minimum atomic E-state index is -1.82. The van der Waals surface area contributed by atoms with Crippen LogP contribution in [0.15, 0.2) is 23.6 Å². The lowest BCUT2D eigenvalue weighted by atomic mass is 9.81. The maximum Gasteiger partial charge on any atom is 0.146 e. The van der Waals surface area contributed by atoms with Gasteiger partial charge in [-0.25, -0.2) is 0 Å². The number of allylic oxidation sites excluding steroid dienone is 2. The molecule has 0 saturated carbocycles. The third kappa shape index (κ3) is 8.89. The van der Waals surface area contributed by atoms with Crippen LogP contribution in [0.3, 0.4) is 0 Å². The van der Waals surface area contributed by atoms with E-state index in [0.29, 0.717) is 32.6 Å². The van der Waals surface area contributed by atoms with Crippen LogP contribution in [-0.4, -0.2) is 24.2 Å². The molecular weight excluding hydrogens is 469 g/mol. The van der Waals surface area contributed by atoms with Crippen molar-refractivity contribution >= 4 is 24.2 Å². The number of hydrogen-bond donors (Lipinski definition) is 0. The lowest BCUT2D eigenvalue weighted by Gasteiger charge is -2.39. The molecule has 0 heterocycles. The molecule has 0 aliphatic rings. The molecule has 0 N–H and O–H groups in total. The molecule has 204 valence electrons. The Kier molecular flexibility index (Phi) is 11.9. The zero-order valence-corrected chi connectivity index (χ0v) is 30.3. The fraction of sp³-hybridized carbons (Fsp3) is 0.812. The molecule has 35 heavy (non-hydrogen) atoms. The monoisotopic (exact) mass is 532 g/mol. The molecular formula is C32H64Si3. The highest BCUT2D eigenvalue weighted by atomic mass is 28.3. The Bertz CT molecular complexity index is 724. The van der Waals surface area contributed by atoms with Crippen molar-refractivity contribution in [3.05, 3.63) is 23.6 Å². The zero-order valence-electron chi connectivity index (χ0n) is 27.3. The summed E-state index contributed by atoms with van der Waals surface area (Å²) >= 11 is 0. The lowest BCUT2D eigenvalue weighted by molar-refractivity contribution is 0.464. The highest BCUT2D eigenvalue weighted by Crippen LogP contribution is 2.44. The number of rotatable bonds is 9. The molecule has 0 aromatic carbocycles. The SMILES string of the molecule is CC(C)CC(C#C[Si](C(C)C)(C(C)C)C(C)C)(/C=C/[Si](C)(C)C(C)(C)C)/C=C/[Si](C)(C)C(C)(C)C. The molecule has 0 unspecified atom stereocenters. The van der Waals surface area contributed by atoms with Gasteiger partial charge in [0.25, 0.3) is 0 Å². The van der Waals surface area contributed by atoms with Gasteiger partial charge in [0.2, 0.25) is 0 Å². The summed E-state index contributed by atoms with van der Waals surface area (Å²) in [6.07, 6.45) is 6.23. The van der Waals surface area contributed by atoms with Crippen LogP contribution in [0.2, 0.25) is 52.9 Å². The third-order valence-electron chi connectivity index (χ3n) is 9.58. The normalized spacial score (nSPS) is 15.3. The Balaban J connectivity index is 7.34. The molecule has 0 aliphatic carbocycles. The van der Waals surface area contributed by atoms with Crippen molar-refractivity contribution in [3.63, 3.8) is 0 Å². The van der Waals surface area contributed by atoms with Gasteiger partial charge in [0.05, 0.1) is 21.6 Å². The summed E-state index contributed by atoms with van der Waals surface area (Å²) < 4.78 is 0.